The summed E-state index contributed by atoms with van der Waals surface area (Å²) >= 11 is 0. The zero-order valence-corrected chi connectivity index (χ0v) is 13.5. The minimum atomic E-state index is -1.60. The third-order valence-electron chi connectivity index (χ3n) is 2.03. The maximum Gasteiger partial charge on any atom is 0.562 e. The molecule has 0 saturated carbocycles. The van der Waals surface area contributed by atoms with Crippen molar-refractivity contribution < 1.29 is 43.1 Å². The molecule has 11 heteroatoms. The van der Waals surface area contributed by atoms with Gasteiger partial charge in [0.15, 0.2) is 11.6 Å². The average Bonchev–Trinajstić information content (AvgIpc) is 2.47. The molecule has 0 fully saturated rings. The third kappa shape index (κ3) is 7.24. The molecule has 0 amide bonds. The van der Waals surface area contributed by atoms with Crippen molar-refractivity contribution in [2.75, 3.05) is 13.2 Å². The molecular formula is C13H16N2O9. The Hall–Kier alpha value is -3.11. The number of carbonyl (C=O) groups excluding carboxylic acids is 5. The lowest BCUT2D eigenvalue weighted by atomic mass is 10.3. The number of ketones is 2. The number of oxime groups is 2. The third-order valence-corrected chi connectivity index (χ3v) is 2.03. The van der Waals surface area contributed by atoms with E-state index in [1.807, 2.05) is 0 Å². The first-order valence-electron chi connectivity index (χ1n) is 6.64. The highest BCUT2D eigenvalue weighted by molar-refractivity contribution is 6.64. The highest BCUT2D eigenvalue weighted by atomic mass is 16.8. The fourth-order valence-corrected chi connectivity index (χ4v) is 1.07. The van der Waals surface area contributed by atoms with Gasteiger partial charge in [-0.25, -0.2) is 9.59 Å². The Morgan fingerprint density at radius 3 is 1.29 bits per heavy atom. The second kappa shape index (κ2) is 10.6. The van der Waals surface area contributed by atoms with Crippen molar-refractivity contribution in [2.45, 2.75) is 27.7 Å². The number of carbonyl (C=O) groups is 5. The lowest BCUT2D eigenvalue weighted by molar-refractivity contribution is -0.137. The summed E-state index contributed by atoms with van der Waals surface area (Å²) in [6, 6.07) is 0. The van der Waals surface area contributed by atoms with Crippen molar-refractivity contribution in [2.24, 2.45) is 10.3 Å². The monoisotopic (exact) mass is 344 g/mol. The number of Topliss-reactive ketones (excluding diaryl/α,β-unsaturated/α-hetero) is 2. The summed E-state index contributed by atoms with van der Waals surface area (Å²) in [5.74, 6) is -3.84. The largest absolute Gasteiger partial charge is 0.562 e. The van der Waals surface area contributed by atoms with E-state index in [0.29, 0.717) is 0 Å². The van der Waals surface area contributed by atoms with Gasteiger partial charge in [0.25, 0.3) is 0 Å². The molecule has 0 aromatic rings. The van der Waals surface area contributed by atoms with Crippen LogP contribution in [0.4, 0.5) is 4.79 Å². The van der Waals surface area contributed by atoms with Gasteiger partial charge in [-0.1, -0.05) is 10.3 Å². The van der Waals surface area contributed by atoms with E-state index in [1.165, 1.54) is 13.8 Å². The smallest absolute Gasteiger partial charge is 0.461 e. The molecule has 11 nitrogen and oxygen atoms in total. The van der Waals surface area contributed by atoms with Crippen LogP contribution in [0.3, 0.4) is 0 Å². The SMILES string of the molecule is CCOC(=O)/C(=N/OC(=O)O/N=C(\C(C)=O)C(=O)OCC)C(C)=O. The number of hydrogen-bond acceptors (Lipinski definition) is 11. The van der Waals surface area contributed by atoms with Crippen LogP contribution in [0.1, 0.15) is 27.7 Å². The fraction of sp³-hybridized carbons (Fsp3) is 0.462. The summed E-state index contributed by atoms with van der Waals surface area (Å²) in [4.78, 5) is 64.7. The molecule has 0 heterocycles. The van der Waals surface area contributed by atoms with Crippen LogP contribution in [0.25, 0.3) is 0 Å². The number of ether oxygens (including phenoxy) is 2. The molecule has 24 heavy (non-hydrogen) atoms. The minimum Gasteiger partial charge on any atom is -0.461 e. The Bertz CT molecular complexity index is 542. The van der Waals surface area contributed by atoms with Gasteiger partial charge in [0, 0.05) is 13.8 Å². The van der Waals surface area contributed by atoms with E-state index < -0.39 is 41.1 Å². The standard InChI is InChI=1S/C13H16N2O9/c1-5-21-11(18)9(7(3)16)14-23-13(20)24-15-10(8(4)17)12(19)22-6-2/h5-6H2,1-4H3/b14-9+,15-10+. The Morgan fingerprint density at radius 2 is 1.04 bits per heavy atom. The van der Waals surface area contributed by atoms with E-state index in [0.717, 1.165) is 13.8 Å². The zero-order chi connectivity index (χ0) is 18.7. The number of nitrogens with zero attached hydrogens (tertiary/aromatic N) is 2. The van der Waals surface area contributed by atoms with Crippen LogP contribution in [0.5, 0.6) is 0 Å². The molecule has 0 saturated heterocycles. The van der Waals surface area contributed by atoms with Gasteiger partial charge in [-0.15, -0.1) is 0 Å². The van der Waals surface area contributed by atoms with Gasteiger partial charge in [-0.3, -0.25) is 19.3 Å². The summed E-state index contributed by atoms with van der Waals surface area (Å²) in [6.07, 6.45) is -1.60. The summed E-state index contributed by atoms with van der Waals surface area (Å²) < 4.78 is 9.06. The Morgan fingerprint density at radius 1 is 0.708 bits per heavy atom. The van der Waals surface area contributed by atoms with Crippen LogP contribution >= 0.6 is 0 Å². The topological polar surface area (TPSA) is 147 Å². The van der Waals surface area contributed by atoms with Gasteiger partial charge >= 0.3 is 18.1 Å². The molecule has 0 N–H and O–H groups in total. The van der Waals surface area contributed by atoms with Gasteiger partial charge in [0.1, 0.15) is 0 Å². The fourth-order valence-electron chi connectivity index (χ4n) is 1.07. The van der Waals surface area contributed by atoms with E-state index in [1.54, 1.807) is 0 Å². The molecule has 0 aliphatic rings. The summed E-state index contributed by atoms with van der Waals surface area (Å²) in [5.41, 5.74) is -1.56. The van der Waals surface area contributed by atoms with E-state index in [-0.39, 0.29) is 13.2 Å². The first-order chi connectivity index (χ1) is 11.2. The van der Waals surface area contributed by atoms with Crippen LogP contribution in [-0.4, -0.2) is 54.3 Å². The lowest BCUT2D eigenvalue weighted by Gasteiger charge is -2.02. The predicted molar refractivity (Wildman–Crippen MR) is 77.1 cm³/mol. The molecule has 0 atom stereocenters. The first-order valence-corrected chi connectivity index (χ1v) is 6.64. The molecule has 0 bridgehead atoms. The normalized spacial score (nSPS) is 11.3. The maximum absolute atomic E-state index is 11.4. The van der Waals surface area contributed by atoms with Crippen molar-refractivity contribution in [1.82, 2.24) is 0 Å². The van der Waals surface area contributed by atoms with Crippen LogP contribution in [0, 0.1) is 0 Å². The summed E-state index contributed by atoms with van der Waals surface area (Å²) in [5, 5.41) is 5.99. The Balaban J connectivity index is 4.98. The Kier molecular flexibility index (Phi) is 9.22. The van der Waals surface area contributed by atoms with Crippen molar-refractivity contribution in [3.63, 3.8) is 0 Å². The van der Waals surface area contributed by atoms with Crippen LogP contribution in [-0.2, 0) is 38.3 Å². The van der Waals surface area contributed by atoms with Crippen LogP contribution in [0.15, 0.2) is 10.3 Å². The molecule has 0 spiro atoms. The van der Waals surface area contributed by atoms with Crippen molar-refractivity contribution in [1.29, 1.82) is 0 Å². The van der Waals surface area contributed by atoms with Gasteiger partial charge in [-0.05, 0) is 13.8 Å². The van der Waals surface area contributed by atoms with Gasteiger partial charge < -0.3 is 9.47 Å². The van der Waals surface area contributed by atoms with Crippen LogP contribution in [0.2, 0.25) is 0 Å². The van der Waals surface area contributed by atoms with Crippen molar-refractivity contribution in [3.8, 4) is 0 Å². The number of esters is 2. The second-order valence-corrected chi connectivity index (χ2v) is 3.87. The molecular weight excluding hydrogens is 328 g/mol. The predicted octanol–water partition coefficient (Wildman–Crippen LogP) is 0.156. The molecule has 0 unspecified atom stereocenters. The molecule has 0 aromatic heterocycles. The lowest BCUT2D eigenvalue weighted by Crippen LogP contribution is -2.26. The van der Waals surface area contributed by atoms with Crippen molar-refractivity contribution in [3.05, 3.63) is 0 Å². The summed E-state index contributed by atoms with van der Waals surface area (Å²) in [6.45, 7) is 4.94. The molecule has 0 aliphatic heterocycles. The first kappa shape index (κ1) is 20.9. The van der Waals surface area contributed by atoms with Crippen LogP contribution < -0.4 is 0 Å². The molecule has 0 aromatic carbocycles. The van der Waals surface area contributed by atoms with E-state index in [9.17, 15) is 24.0 Å². The summed E-state index contributed by atoms with van der Waals surface area (Å²) in [7, 11) is 0. The molecule has 132 valence electrons. The highest BCUT2D eigenvalue weighted by Crippen LogP contribution is 1.96. The molecule has 0 rings (SSSR count). The van der Waals surface area contributed by atoms with Crippen molar-refractivity contribution >= 4 is 41.1 Å². The molecule has 0 radical (unpaired) electrons. The van der Waals surface area contributed by atoms with E-state index >= 15 is 0 Å². The average molecular weight is 344 g/mol. The molecule has 0 aliphatic carbocycles. The maximum atomic E-state index is 11.4. The zero-order valence-electron chi connectivity index (χ0n) is 13.5. The van der Waals surface area contributed by atoms with Gasteiger partial charge in [0.2, 0.25) is 11.4 Å². The quantitative estimate of drug-likeness (QED) is 0.197. The van der Waals surface area contributed by atoms with E-state index in [2.05, 4.69) is 29.5 Å². The second-order valence-electron chi connectivity index (χ2n) is 3.87. The highest BCUT2D eigenvalue weighted by Gasteiger charge is 2.22. The van der Waals surface area contributed by atoms with Gasteiger partial charge in [0.05, 0.1) is 13.2 Å². The Labute approximate surface area is 136 Å². The number of hydrogen-bond donors (Lipinski definition) is 0. The minimum absolute atomic E-state index is 0.0264. The van der Waals surface area contributed by atoms with Gasteiger partial charge in [-0.2, -0.15) is 4.79 Å². The van der Waals surface area contributed by atoms with E-state index in [4.69, 9.17) is 0 Å². The number of rotatable bonds is 8.